The van der Waals surface area contributed by atoms with Crippen molar-refractivity contribution in [3.8, 4) is 0 Å². The molecule has 2 aromatic rings. The molecular weight excluding hydrogens is 270 g/mol. The van der Waals surface area contributed by atoms with E-state index in [0.29, 0.717) is 29.4 Å². The number of aromatic nitrogens is 3. The fourth-order valence-electron chi connectivity index (χ4n) is 3.08. The van der Waals surface area contributed by atoms with Crippen LogP contribution >= 0.6 is 11.6 Å². The molecule has 98 valence electrons. The first-order chi connectivity index (χ1) is 9.11. The van der Waals surface area contributed by atoms with Crippen LogP contribution in [0.5, 0.6) is 0 Å². The Kier molecular flexibility index (Phi) is 2.04. The number of carbonyl (C=O) groups is 1. The lowest BCUT2D eigenvalue weighted by molar-refractivity contribution is -0.163. The predicted octanol–water partition coefficient (Wildman–Crippen LogP) is 1.57. The van der Waals surface area contributed by atoms with Crippen molar-refractivity contribution in [2.75, 3.05) is 6.61 Å². The third-order valence-electron chi connectivity index (χ3n) is 4.01. The number of ether oxygens (including phenoxy) is 1. The molecule has 1 spiro atoms. The summed E-state index contributed by atoms with van der Waals surface area (Å²) in [5, 5.41) is 13.9. The quantitative estimate of drug-likeness (QED) is 0.857. The zero-order valence-electron chi connectivity index (χ0n) is 9.84. The Morgan fingerprint density at radius 3 is 3.05 bits per heavy atom. The van der Waals surface area contributed by atoms with Crippen LogP contribution < -0.4 is 0 Å². The molecule has 2 atom stereocenters. The second-order valence-corrected chi connectivity index (χ2v) is 5.37. The van der Waals surface area contributed by atoms with Gasteiger partial charge in [0, 0.05) is 24.2 Å². The largest absolute Gasteiger partial charge is 0.481 e. The minimum absolute atomic E-state index is 0.342. The number of hydrogen-bond donors (Lipinski definition) is 1. The van der Waals surface area contributed by atoms with Crippen LogP contribution in [0.15, 0.2) is 12.3 Å². The maximum Gasteiger partial charge on any atom is 0.311 e. The standard InChI is InChI=1S/C12H10ClN3O3/c13-8-3-9-14-5-7-6(11(17)18)4-12(1-2-19-12)10(7)16(9)15-8/h3,5-6H,1-2,4H2,(H,17,18)/t6-,12+/m0/s1. The van der Waals surface area contributed by atoms with Crippen LogP contribution in [-0.2, 0) is 15.1 Å². The van der Waals surface area contributed by atoms with Gasteiger partial charge in [-0.1, -0.05) is 11.6 Å². The zero-order chi connectivity index (χ0) is 13.2. The number of hydrogen-bond acceptors (Lipinski definition) is 4. The van der Waals surface area contributed by atoms with Crippen molar-refractivity contribution in [2.45, 2.75) is 24.4 Å². The molecule has 1 fully saturated rings. The van der Waals surface area contributed by atoms with Crippen molar-refractivity contribution in [3.05, 3.63) is 28.7 Å². The Labute approximate surface area is 113 Å². The average molecular weight is 280 g/mol. The van der Waals surface area contributed by atoms with E-state index in [1.807, 2.05) is 0 Å². The number of nitrogens with zero attached hydrogens (tertiary/aromatic N) is 3. The van der Waals surface area contributed by atoms with Crippen molar-refractivity contribution in [2.24, 2.45) is 0 Å². The van der Waals surface area contributed by atoms with Gasteiger partial charge in [0.15, 0.2) is 10.8 Å². The molecule has 2 aromatic heterocycles. The Balaban J connectivity index is 2.03. The Bertz CT molecular complexity index is 708. The normalized spacial score (nSPS) is 28.6. The second kappa shape index (κ2) is 3.46. The highest BCUT2D eigenvalue weighted by atomic mass is 35.5. The molecule has 1 aliphatic heterocycles. The topological polar surface area (TPSA) is 76.7 Å². The summed E-state index contributed by atoms with van der Waals surface area (Å²) in [4.78, 5) is 15.6. The van der Waals surface area contributed by atoms with E-state index >= 15 is 0 Å². The Hall–Kier alpha value is -1.66. The van der Waals surface area contributed by atoms with Crippen molar-refractivity contribution in [3.63, 3.8) is 0 Å². The number of carboxylic acids is 1. The molecule has 4 rings (SSSR count). The van der Waals surface area contributed by atoms with Gasteiger partial charge in [-0.15, -0.1) is 0 Å². The van der Waals surface area contributed by atoms with E-state index in [1.165, 1.54) is 0 Å². The summed E-state index contributed by atoms with van der Waals surface area (Å²) in [6.45, 7) is 0.643. The summed E-state index contributed by atoms with van der Waals surface area (Å²) in [7, 11) is 0. The van der Waals surface area contributed by atoms with Crippen LogP contribution in [0, 0.1) is 0 Å². The maximum atomic E-state index is 11.4. The van der Waals surface area contributed by atoms with E-state index in [1.54, 1.807) is 16.8 Å². The van der Waals surface area contributed by atoms with Crippen LogP contribution in [0.3, 0.4) is 0 Å². The van der Waals surface area contributed by atoms with Gasteiger partial charge in [0.25, 0.3) is 0 Å². The SMILES string of the molecule is O=C(O)[C@H]1C[C@]2(CCO2)c2c1cnc1cc(Cl)nn21. The lowest BCUT2D eigenvalue weighted by Crippen LogP contribution is -2.40. The van der Waals surface area contributed by atoms with Crippen molar-refractivity contribution in [1.82, 2.24) is 14.6 Å². The fraction of sp³-hybridized carbons (Fsp3) is 0.417. The molecule has 3 heterocycles. The Morgan fingerprint density at radius 1 is 1.63 bits per heavy atom. The molecule has 0 saturated carbocycles. The van der Waals surface area contributed by atoms with Gasteiger partial charge in [-0.2, -0.15) is 5.10 Å². The van der Waals surface area contributed by atoms with E-state index in [4.69, 9.17) is 16.3 Å². The van der Waals surface area contributed by atoms with Gasteiger partial charge in [-0.3, -0.25) is 4.79 Å². The first-order valence-corrected chi connectivity index (χ1v) is 6.40. The Morgan fingerprint density at radius 2 is 2.42 bits per heavy atom. The van der Waals surface area contributed by atoms with Crippen LogP contribution in [0.25, 0.3) is 5.65 Å². The van der Waals surface area contributed by atoms with E-state index in [9.17, 15) is 9.90 Å². The van der Waals surface area contributed by atoms with Crippen molar-refractivity contribution in [1.29, 1.82) is 0 Å². The van der Waals surface area contributed by atoms with E-state index < -0.39 is 17.5 Å². The predicted molar refractivity (Wildman–Crippen MR) is 65.2 cm³/mol. The molecule has 1 N–H and O–H groups in total. The smallest absolute Gasteiger partial charge is 0.311 e. The second-order valence-electron chi connectivity index (χ2n) is 4.99. The van der Waals surface area contributed by atoms with Gasteiger partial charge in [0.05, 0.1) is 18.2 Å². The molecule has 0 radical (unpaired) electrons. The van der Waals surface area contributed by atoms with Gasteiger partial charge in [0.2, 0.25) is 0 Å². The molecular formula is C12H10ClN3O3. The molecule has 1 saturated heterocycles. The van der Waals surface area contributed by atoms with Crippen LogP contribution in [0.1, 0.15) is 30.0 Å². The van der Waals surface area contributed by atoms with E-state index in [-0.39, 0.29) is 0 Å². The molecule has 2 aliphatic rings. The van der Waals surface area contributed by atoms with Crippen LogP contribution in [0.4, 0.5) is 0 Å². The highest BCUT2D eigenvalue weighted by molar-refractivity contribution is 6.29. The molecule has 0 aromatic carbocycles. The average Bonchev–Trinajstić information content (AvgIpc) is 2.83. The summed E-state index contributed by atoms with van der Waals surface area (Å²) in [5.41, 5.74) is 1.56. The van der Waals surface area contributed by atoms with Crippen LogP contribution in [-0.4, -0.2) is 32.3 Å². The summed E-state index contributed by atoms with van der Waals surface area (Å²) in [6, 6.07) is 1.66. The minimum Gasteiger partial charge on any atom is -0.481 e. The first-order valence-electron chi connectivity index (χ1n) is 6.02. The minimum atomic E-state index is -0.854. The monoisotopic (exact) mass is 279 g/mol. The molecule has 6 nitrogen and oxygen atoms in total. The molecule has 1 aliphatic carbocycles. The van der Waals surface area contributed by atoms with Gasteiger partial charge in [-0.05, 0) is 6.42 Å². The first kappa shape index (κ1) is 11.2. The number of halogens is 1. The number of carboxylic acid groups (broad SMARTS) is 1. The van der Waals surface area contributed by atoms with Gasteiger partial charge >= 0.3 is 5.97 Å². The van der Waals surface area contributed by atoms with Crippen molar-refractivity contribution < 1.29 is 14.6 Å². The summed E-state index contributed by atoms with van der Waals surface area (Å²) < 4.78 is 7.33. The van der Waals surface area contributed by atoms with Crippen molar-refractivity contribution >= 4 is 23.2 Å². The zero-order valence-corrected chi connectivity index (χ0v) is 10.6. The number of fused-ring (bicyclic) bond motifs is 4. The molecule has 0 amide bonds. The molecule has 0 unspecified atom stereocenters. The summed E-state index contributed by atoms with van der Waals surface area (Å²) in [6.07, 6.45) is 2.86. The maximum absolute atomic E-state index is 11.4. The third-order valence-corrected chi connectivity index (χ3v) is 4.19. The van der Waals surface area contributed by atoms with E-state index in [2.05, 4.69) is 10.1 Å². The van der Waals surface area contributed by atoms with Gasteiger partial charge in [-0.25, -0.2) is 9.50 Å². The lowest BCUT2D eigenvalue weighted by Gasteiger charge is -2.39. The highest BCUT2D eigenvalue weighted by Crippen LogP contribution is 2.52. The molecule has 19 heavy (non-hydrogen) atoms. The van der Waals surface area contributed by atoms with Crippen LogP contribution in [0.2, 0.25) is 5.15 Å². The highest BCUT2D eigenvalue weighted by Gasteiger charge is 2.53. The number of rotatable bonds is 1. The van der Waals surface area contributed by atoms with E-state index in [0.717, 1.165) is 12.1 Å². The third kappa shape index (κ3) is 1.33. The lowest BCUT2D eigenvalue weighted by atomic mass is 9.90. The molecule has 0 bridgehead atoms. The number of aliphatic carboxylic acids is 1. The van der Waals surface area contributed by atoms with Gasteiger partial charge in [0.1, 0.15) is 5.60 Å². The molecule has 7 heteroatoms. The summed E-state index contributed by atoms with van der Waals surface area (Å²) in [5.74, 6) is -1.44. The fourth-order valence-corrected chi connectivity index (χ4v) is 3.26. The van der Waals surface area contributed by atoms with Gasteiger partial charge < -0.3 is 9.84 Å². The summed E-state index contributed by atoms with van der Waals surface area (Å²) >= 11 is 5.91.